The van der Waals surface area contributed by atoms with Crippen LogP contribution >= 0.6 is 0 Å². The van der Waals surface area contributed by atoms with Gasteiger partial charge in [-0.15, -0.1) is 0 Å². The van der Waals surface area contributed by atoms with E-state index in [9.17, 15) is 18.4 Å². The number of nitrogens with zero attached hydrogens (tertiary/aromatic N) is 2. The summed E-state index contributed by atoms with van der Waals surface area (Å²) < 4.78 is 34.8. The molecule has 1 amide bonds. The van der Waals surface area contributed by atoms with E-state index in [1.807, 2.05) is 6.92 Å². The quantitative estimate of drug-likeness (QED) is 0.856. The lowest BCUT2D eigenvalue weighted by atomic mass is 9.97. The Hall–Kier alpha value is -2.70. The van der Waals surface area contributed by atoms with Gasteiger partial charge in [-0.2, -0.15) is 0 Å². The number of aromatic nitrogens is 1. The third-order valence-electron chi connectivity index (χ3n) is 4.41. The molecule has 0 aliphatic carbocycles. The number of rotatable bonds is 3. The first-order chi connectivity index (χ1) is 11.8. The average molecular weight is 348 g/mol. The van der Waals surface area contributed by atoms with Gasteiger partial charge in [0.05, 0.1) is 7.11 Å². The number of hydrogen-bond acceptors (Lipinski definition) is 3. The molecular formula is C18H18F2N2O3. The van der Waals surface area contributed by atoms with Crippen molar-refractivity contribution in [2.75, 3.05) is 18.6 Å². The molecule has 0 N–H and O–H groups in total. The largest absolute Gasteiger partial charge is 0.497 e. The summed E-state index contributed by atoms with van der Waals surface area (Å²) in [5.74, 6) is -2.43. The standard InChI is InChI=1S/C18H18F2N2O3/c1-10-4-15(18(24)21(2)8-10)22-9-11(5-16(22)23)17-13(19)6-12(25-3)7-14(17)20/h4,6-8,11H,5,9H2,1-3H3/t11-/m0/s1. The second-order valence-corrected chi connectivity index (χ2v) is 6.23. The number of amides is 1. The second kappa shape index (κ2) is 6.31. The number of methoxy groups -OCH3 is 1. The van der Waals surface area contributed by atoms with Crippen molar-refractivity contribution in [3.8, 4) is 5.75 Å². The summed E-state index contributed by atoms with van der Waals surface area (Å²) >= 11 is 0. The molecule has 3 rings (SSSR count). The van der Waals surface area contributed by atoms with E-state index in [1.54, 1.807) is 19.3 Å². The maximum Gasteiger partial charge on any atom is 0.274 e. The number of halogens is 2. The highest BCUT2D eigenvalue weighted by molar-refractivity contribution is 5.96. The smallest absolute Gasteiger partial charge is 0.274 e. The first-order valence-corrected chi connectivity index (χ1v) is 7.82. The van der Waals surface area contributed by atoms with Crippen LogP contribution in [0.5, 0.6) is 5.75 Å². The molecule has 1 aliphatic heterocycles. The molecule has 1 aliphatic rings. The number of anilines is 1. The fraction of sp³-hybridized carbons (Fsp3) is 0.333. The SMILES string of the molecule is COc1cc(F)c([C@H]2CC(=O)N(c3cc(C)cn(C)c3=O)C2)c(F)c1. The van der Waals surface area contributed by atoms with Crippen molar-refractivity contribution in [3.05, 3.63) is 57.5 Å². The van der Waals surface area contributed by atoms with Gasteiger partial charge in [0.2, 0.25) is 5.91 Å². The average Bonchev–Trinajstić information content (AvgIpc) is 2.91. The Bertz CT molecular complexity index is 885. The molecule has 5 nitrogen and oxygen atoms in total. The first-order valence-electron chi connectivity index (χ1n) is 7.82. The van der Waals surface area contributed by atoms with Crippen LogP contribution < -0.4 is 15.2 Å². The highest BCUT2D eigenvalue weighted by Crippen LogP contribution is 2.35. The fourth-order valence-electron chi connectivity index (χ4n) is 3.26. The second-order valence-electron chi connectivity index (χ2n) is 6.23. The van der Waals surface area contributed by atoms with E-state index >= 15 is 0 Å². The lowest BCUT2D eigenvalue weighted by molar-refractivity contribution is -0.117. The van der Waals surface area contributed by atoms with Gasteiger partial charge in [-0.05, 0) is 18.6 Å². The van der Waals surface area contributed by atoms with Gasteiger partial charge in [0, 0.05) is 49.8 Å². The number of carbonyl (C=O) groups is 1. The highest BCUT2D eigenvalue weighted by atomic mass is 19.1. The molecule has 0 unspecified atom stereocenters. The molecule has 0 radical (unpaired) electrons. The summed E-state index contributed by atoms with van der Waals surface area (Å²) in [6.45, 7) is 1.86. The molecule has 2 heterocycles. The van der Waals surface area contributed by atoms with E-state index in [4.69, 9.17) is 4.74 Å². The van der Waals surface area contributed by atoms with Crippen molar-refractivity contribution >= 4 is 11.6 Å². The van der Waals surface area contributed by atoms with Crippen LogP contribution in [-0.4, -0.2) is 24.1 Å². The molecule has 0 saturated carbocycles. The Morgan fingerprint density at radius 2 is 1.80 bits per heavy atom. The molecule has 1 aromatic carbocycles. The molecule has 1 aromatic heterocycles. The van der Waals surface area contributed by atoms with Gasteiger partial charge in [0.25, 0.3) is 5.56 Å². The normalized spacial score (nSPS) is 17.2. The zero-order chi connectivity index (χ0) is 18.3. The van der Waals surface area contributed by atoms with Crippen LogP contribution in [0.15, 0.2) is 29.2 Å². The Morgan fingerprint density at radius 3 is 2.40 bits per heavy atom. The number of hydrogen-bond donors (Lipinski definition) is 0. The predicted octanol–water partition coefficient (Wildman–Crippen LogP) is 2.50. The van der Waals surface area contributed by atoms with Gasteiger partial charge in [0.15, 0.2) is 0 Å². The maximum absolute atomic E-state index is 14.3. The van der Waals surface area contributed by atoms with Gasteiger partial charge in [-0.1, -0.05) is 0 Å². The molecule has 1 fully saturated rings. The maximum atomic E-state index is 14.3. The first kappa shape index (κ1) is 17.1. The van der Waals surface area contributed by atoms with E-state index in [0.29, 0.717) is 0 Å². The molecule has 1 saturated heterocycles. The van der Waals surface area contributed by atoms with E-state index in [-0.39, 0.29) is 41.4 Å². The summed E-state index contributed by atoms with van der Waals surface area (Å²) in [4.78, 5) is 26.0. The zero-order valence-corrected chi connectivity index (χ0v) is 14.2. The lowest BCUT2D eigenvalue weighted by Gasteiger charge is -2.18. The molecule has 0 bridgehead atoms. The van der Waals surface area contributed by atoms with E-state index < -0.39 is 17.6 Å². The summed E-state index contributed by atoms with van der Waals surface area (Å²) in [6.07, 6.45) is 1.60. The molecule has 0 spiro atoms. The Kier molecular flexibility index (Phi) is 4.32. The number of benzene rings is 1. The number of pyridine rings is 1. The van der Waals surface area contributed by atoms with Crippen LogP contribution in [0.2, 0.25) is 0 Å². The summed E-state index contributed by atoms with van der Waals surface area (Å²) in [5.41, 5.74) is 0.566. The molecule has 25 heavy (non-hydrogen) atoms. The minimum atomic E-state index is -0.756. The van der Waals surface area contributed by atoms with Crippen molar-refractivity contribution in [1.82, 2.24) is 4.57 Å². The van der Waals surface area contributed by atoms with Crippen molar-refractivity contribution in [1.29, 1.82) is 0 Å². The summed E-state index contributed by atoms with van der Waals surface area (Å²) in [7, 11) is 2.92. The molecule has 1 atom stereocenters. The van der Waals surface area contributed by atoms with Crippen LogP contribution in [0, 0.1) is 18.6 Å². The van der Waals surface area contributed by atoms with E-state index in [2.05, 4.69) is 0 Å². The topological polar surface area (TPSA) is 51.5 Å². The molecular weight excluding hydrogens is 330 g/mol. The third-order valence-corrected chi connectivity index (χ3v) is 4.41. The minimum absolute atomic E-state index is 0.0533. The van der Waals surface area contributed by atoms with Crippen LogP contribution in [0.1, 0.15) is 23.5 Å². The summed E-state index contributed by atoms with van der Waals surface area (Å²) in [5, 5.41) is 0. The Balaban J connectivity index is 1.98. The van der Waals surface area contributed by atoms with Crippen LogP contribution in [0.25, 0.3) is 0 Å². The van der Waals surface area contributed by atoms with E-state index in [0.717, 1.165) is 17.7 Å². The van der Waals surface area contributed by atoms with Gasteiger partial charge < -0.3 is 14.2 Å². The lowest BCUT2D eigenvalue weighted by Crippen LogP contribution is -2.32. The predicted molar refractivity (Wildman–Crippen MR) is 89.0 cm³/mol. The number of ether oxygens (including phenoxy) is 1. The van der Waals surface area contributed by atoms with Gasteiger partial charge in [-0.3, -0.25) is 9.59 Å². The summed E-state index contributed by atoms with van der Waals surface area (Å²) in [6, 6.07) is 3.80. The van der Waals surface area contributed by atoms with Crippen LogP contribution in [0.4, 0.5) is 14.5 Å². The number of carbonyl (C=O) groups excluding carboxylic acids is 1. The van der Waals surface area contributed by atoms with Crippen LogP contribution in [0.3, 0.4) is 0 Å². The van der Waals surface area contributed by atoms with Gasteiger partial charge in [-0.25, -0.2) is 8.78 Å². The molecule has 2 aromatic rings. The number of aryl methyl sites for hydroxylation is 2. The zero-order valence-electron chi connectivity index (χ0n) is 14.2. The fourth-order valence-corrected chi connectivity index (χ4v) is 3.26. The minimum Gasteiger partial charge on any atom is -0.497 e. The Morgan fingerprint density at radius 1 is 1.16 bits per heavy atom. The van der Waals surface area contributed by atoms with Gasteiger partial charge in [0.1, 0.15) is 23.1 Å². The van der Waals surface area contributed by atoms with Crippen molar-refractivity contribution in [2.24, 2.45) is 7.05 Å². The molecule has 7 heteroatoms. The monoisotopic (exact) mass is 348 g/mol. The van der Waals surface area contributed by atoms with Crippen LogP contribution in [-0.2, 0) is 11.8 Å². The molecule has 132 valence electrons. The Labute approximate surface area is 143 Å². The van der Waals surface area contributed by atoms with Crippen molar-refractivity contribution in [3.63, 3.8) is 0 Å². The van der Waals surface area contributed by atoms with E-state index in [1.165, 1.54) is 16.6 Å². The third kappa shape index (κ3) is 3.01. The van der Waals surface area contributed by atoms with Crippen molar-refractivity contribution in [2.45, 2.75) is 19.3 Å². The highest BCUT2D eigenvalue weighted by Gasteiger charge is 2.36. The van der Waals surface area contributed by atoms with Crippen molar-refractivity contribution < 1.29 is 18.3 Å². The van der Waals surface area contributed by atoms with Gasteiger partial charge >= 0.3 is 0 Å².